The molecule has 4 saturated carbocycles. The molecule has 0 aliphatic heterocycles. The average Bonchev–Trinajstić information content (AvgIpc) is 2.61. The number of amides is 2. The third-order valence-corrected chi connectivity index (χ3v) is 6.54. The number of ether oxygens (including phenoxy) is 1. The molecular weight excluding hydrogens is 312 g/mol. The molecule has 0 unspecified atom stereocenters. The summed E-state index contributed by atoms with van der Waals surface area (Å²) >= 11 is 0. The second-order valence-electron chi connectivity index (χ2n) is 8.19. The van der Waals surface area contributed by atoms with Crippen LogP contribution in [0, 0.1) is 23.7 Å². The van der Waals surface area contributed by atoms with E-state index in [0.29, 0.717) is 37.6 Å². The van der Waals surface area contributed by atoms with Gasteiger partial charge in [-0.25, -0.2) is 4.79 Å². The Bertz CT molecular complexity index is 588. The standard InChI is InChI=1S/C21H30N2O2/c1-2-25-13-17-6-4-3-5-16(17)12-22-21(24)23-20-18-8-14-7-15(10-18)11-19(20)9-14/h3-6,14-15,18-20H,2,7-13H2,1H3,(H2,22,23,24). The summed E-state index contributed by atoms with van der Waals surface area (Å²) in [7, 11) is 0. The zero-order valence-electron chi connectivity index (χ0n) is 15.2. The molecule has 2 amide bonds. The lowest BCUT2D eigenvalue weighted by atomic mass is 9.54. The van der Waals surface area contributed by atoms with Crippen LogP contribution in [0.2, 0.25) is 0 Å². The van der Waals surface area contributed by atoms with Gasteiger partial charge in [0.15, 0.2) is 0 Å². The number of urea groups is 1. The zero-order valence-corrected chi connectivity index (χ0v) is 15.2. The molecule has 5 rings (SSSR count). The van der Waals surface area contributed by atoms with Crippen LogP contribution < -0.4 is 10.6 Å². The van der Waals surface area contributed by atoms with Gasteiger partial charge in [0.25, 0.3) is 0 Å². The molecule has 0 radical (unpaired) electrons. The fourth-order valence-electron chi connectivity index (χ4n) is 5.62. The molecule has 4 bridgehead atoms. The maximum atomic E-state index is 12.5. The number of hydrogen-bond donors (Lipinski definition) is 2. The normalized spacial score (nSPS) is 32.6. The summed E-state index contributed by atoms with van der Waals surface area (Å²) in [6.45, 7) is 3.86. The van der Waals surface area contributed by atoms with E-state index in [2.05, 4.69) is 22.8 Å². The van der Waals surface area contributed by atoms with E-state index in [-0.39, 0.29) is 6.03 Å². The highest BCUT2D eigenvalue weighted by Crippen LogP contribution is 2.53. The first-order chi connectivity index (χ1) is 12.2. The van der Waals surface area contributed by atoms with Gasteiger partial charge in [-0.15, -0.1) is 0 Å². The molecule has 2 N–H and O–H groups in total. The Hall–Kier alpha value is -1.55. The van der Waals surface area contributed by atoms with Gasteiger partial charge in [0, 0.05) is 19.2 Å². The molecule has 0 spiro atoms. The first-order valence-corrected chi connectivity index (χ1v) is 9.91. The van der Waals surface area contributed by atoms with Crippen LogP contribution in [0.1, 0.15) is 50.2 Å². The highest BCUT2D eigenvalue weighted by atomic mass is 16.5. The summed E-state index contributed by atoms with van der Waals surface area (Å²) in [6.07, 6.45) is 6.76. The third kappa shape index (κ3) is 3.69. The van der Waals surface area contributed by atoms with Gasteiger partial charge < -0.3 is 15.4 Å². The van der Waals surface area contributed by atoms with Crippen molar-refractivity contribution in [3.05, 3.63) is 35.4 Å². The van der Waals surface area contributed by atoms with Gasteiger partial charge in [0.2, 0.25) is 0 Å². The lowest BCUT2D eigenvalue weighted by molar-refractivity contribution is -0.00942. The number of carbonyl (C=O) groups is 1. The Morgan fingerprint density at radius 1 is 1.04 bits per heavy atom. The number of nitrogens with one attached hydrogen (secondary N) is 2. The summed E-state index contributed by atoms with van der Waals surface area (Å²) in [5.74, 6) is 3.31. The number of rotatable bonds is 6. The second-order valence-corrected chi connectivity index (χ2v) is 8.19. The van der Waals surface area contributed by atoms with Crippen molar-refractivity contribution in [1.29, 1.82) is 0 Å². The van der Waals surface area contributed by atoms with Crippen molar-refractivity contribution in [1.82, 2.24) is 10.6 Å². The van der Waals surface area contributed by atoms with E-state index >= 15 is 0 Å². The molecule has 136 valence electrons. The van der Waals surface area contributed by atoms with E-state index in [4.69, 9.17) is 4.74 Å². The van der Waals surface area contributed by atoms with Crippen LogP contribution >= 0.6 is 0 Å². The molecule has 4 aliphatic carbocycles. The van der Waals surface area contributed by atoms with Crippen LogP contribution in [0.4, 0.5) is 4.79 Å². The van der Waals surface area contributed by atoms with Crippen molar-refractivity contribution in [3.8, 4) is 0 Å². The predicted molar refractivity (Wildman–Crippen MR) is 98.0 cm³/mol. The highest BCUT2D eigenvalue weighted by Gasteiger charge is 2.48. The van der Waals surface area contributed by atoms with Crippen LogP contribution in [0.5, 0.6) is 0 Å². The maximum absolute atomic E-state index is 12.5. The lowest BCUT2D eigenvalue weighted by Gasteiger charge is -2.54. The van der Waals surface area contributed by atoms with E-state index in [1.165, 1.54) is 32.1 Å². The molecule has 0 aromatic heterocycles. The van der Waals surface area contributed by atoms with E-state index in [1.54, 1.807) is 0 Å². The zero-order chi connectivity index (χ0) is 17.2. The lowest BCUT2D eigenvalue weighted by Crippen LogP contribution is -2.57. The smallest absolute Gasteiger partial charge is 0.315 e. The van der Waals surface area contributed by atoms with Crippen molar-refractivity contribution in [3.63, 3.8) is 0 Å². The summed E-state index contributed by atoms with van der Waals surface area (Å²) < 4.78 is 5.52. The third-order valence-electron chi connectivity index (χ3n) is 6.54. The van der Waals surface area contributed by atoms with Gasteiger partial charge in [-0.3, -0.25) is 0 Å². The quantitative estimate of drug-likeness (QED) is 0.825. The summed E-state index contributed by atoms with van der Waals surface area (Å²) in [5.41, 5.74) is 2.29. The fourth-order valence-corrected chi connectivity index (χ4v) is 5.62. The SMILES string of the molecule is CCOCc1ccccc1CNC(=O)NC1C2CC3CC(C2)CC1C3. The van der Waals surface area contributed by atoms with Gasteiger partial charge >= 0.3 is 6.03 Å². The van der Waals surface area contributed by atoms with Crippen molar-refractivity contribution in [2.45, 2.75) is 58.2 Å². The first-order valence-electron chi connectivity index (χ1n) is 9.91. The molecule has 4 nitrogen and oxygen atoms in total. The highest BCUT2D eigenvalue weighted by molar-refractivity contribution is 5.74. The van der Waals surface area contributed by atoms with Gasteiger partial charge in [0.1, 0.15) is 0 Å². The Morgan fingerprint density at radius 2 is 1.68 bits per heavy atom. The molecule has 0 heterocycles. The fraction of sp³-hybridized carbons (Fsp3) is 0.667. The Kier molecular flexibility index (Phi) is 4.98. The number of benzene rings is 1. The van der Waals surface area contributed by atoms with Gasteiger partial charge in [-0.2, -0.15) is 0 Å². The molecular formula is C21H30N2O2. The van der Waals surface area contributed by atoms with Crippen molar-refractivity contribution in [2.75, 3.05) is 6.61 Å². The largest absolute Gasteiger partial charge is 0.377 e. The minimum Gasteiger partial charge on any atom is -0.377 e. The Labute approximate surface area is 150 Å². The van der Waals surface area contributed by atoms with Crippen molar-refractivity contribution >= 4 is 6.03 Å². The van der Waals surface area contributed by atoms with Crippen LogP contribution in [-0.4, -0.2) is 18.7 Å². The summed E-state index contributed by atoms with van der Waals surface area (Å²) in [5, 5.41) is 6.38. The molecule has 1 aromatic rings. The van der Waals surface area contributed by atoms with Crippen LogP contribution in [0.25, 0.3) is 0 Å². The molecule has 0 atom stereocenters. The molecule has 4 fully saturated rings. The molecule has 1 aromatic carbocycles. The number of hydrogen-bond acceptors (Lipinski definition) is 2. The van der Waals surface area contributed by atoms with E-state index < -0.39 is 0 Å². The van der Waals surface area contributed by atoms with Gasteiger partial charge in [-0.05, 0) is 73.8 Å². The van der Waals surface area contributed by atoms with Crippen molar-refractivity contribution in [2.24, 2.45) is 23.7 Å². The average molecular weight is 342 g/mol. The van der Waals surface area contributed by atoms with Crippen LogP contribution in [0.15, 0.2) is 24.3 Å². The molecule has 4 heteroatoms. The Morgan fingerprint density at radius 3 is 2.32 bits per heavy atom. The molecule has 25 heavy (non-hydrogen) atoms. The first kappa shape index (κ1) is 16.9. The van der Waals surface area contributed by atoms with E-state index in [1.807, 2.05) is 19.1 Å². The Balaban J connectivity index is 1.31. The minimum atomic E-state index is -0.0105. The number of carbonyl (C=O) groups excluding carboxylic acids is 1. The topological polar surface area (TPSA) is 50.4 Å². The van der Waals surface area contributed by atoms with Crippen molar-refractivity contribution < 1.29 is 9.53 Å². The van der Waals surface area contributed by atoms with Crippen LogP contribution in [-0.2, 0) is 17.9 Å². The monoisotopic (exact) mass is 342 g/mol. The molecule has 4 aliphatic rings. The minimum absolute atomic E-state index is 0.0105. The van der Waals surface area contributed by atoms with E-state index in [0.717, 1.165) is 23.0 Å². The summed E-state index contributed by atoms with van der Waals surface area (Å²) in [6, 6.07) is 8.56. The van der Waals surface area contributed by atoms with Crippen LogP contribution in [0.3, 0.4) is 0 Å². The van der Waals surface area contributed by atoms with Gasteiger partial charge in [0.05, 0.1) is 6.61 Å². The molecule has 0 saturated heterocycles. The predicted octanol–water partition coefficient (Wildman–Crippen LogP) is 3.85. The second kappa shape index (κ2) is 7.36. The maximum Gasteiger partial charge on any atom is 0.315 e. The summed E-state index contributed by atoms with van der Waals surface area (Å²) in [4.78, 5) is 12.5. The van der Waals surface area contributed by atoms with Gasteiger partial charge in [-0.1, -0.05) is 24.3 Å². The van der Waals surface area contributed by atoms with E-state index in [9.17, 15) is 4.79 Å².